The van der Waals surface area contributed by atoms with E-state index < -0.39 is 0 Å². The van der Waals surface area contributed by atoms with Gasteiger partial charge < -0.3 is 5.73 Å². The van der Waals surface area contributed by atoms with E-state index in [9.17, 15) is 4.39 Å². The number of benzene rings is 2. The summed E-state index contributed by atoms with van der Waals surface area (Å²) in [5.41, 5.74) is 10.1. The average molecular weight is 252 g/mol. The van der Waals surface area contributed by atoms with Crippen LogP contribution >= 0.6 is 0 Å². The highest BCUT2D eigenvalue weighted by Gasteiger charge is 2.11. The van der Waals surface area contributed by atoms with Gasteiger partial charge >= 0.3 is 0 Å². The van der Waals surface area contributed by atoms with Crippen molar-refractivity contribution in [3.8, 4) is 11.3 Å². The monoisotopic (exact) mass is 252 g/mol. The van der Waals surface area contributed by atoms with Gasteiger partial charge in [0.25, 0.3) is 0 Å². The molecule has 3 rings (SSSR count). The molecule has 0 amide bonds. The second kappa shape index (κ2) is 4.35. The number of fused-ring (bicyclic) bond motifs is 1. The van der Waals surface area contributed by atoms with E-state index >= 15 is 0 Å². The number of halogens is 1. The van der Waals surface area contributed by atoms with Crippen molar-refractivity contribution in [2.45, 2.75) is 6.92 Å². The molecule has 0 unspecified atom stereocenters. The topological polar surface area (TPSA) is 38.9 Å². The first-order valence-corrected chi connectivity index (χ1v) is 6.07. The lowest BCUT2D eigenvalue weighted by molar-refractivity contribution is 0.629. The summed E-state index contributed by atoms with van der Waals surface area (Å²) in [6, 6.07) is 14.3. The van der Waals surface area contributed by atoms with E-state index in [0.29, 0.717) is 11.2 Å². The molecule has 0 aliphatic rings. The van der Waals surface area contributed by atoms with Gasteiger partial charge in [-0.3, -0.25) is 0 Å². The number of nitrogens with two attached hydrogens (primary N) is 1. The van der Waals surface area contributed by atoms with Crippen molar-refractivity contribution >= 4 is 16.6 Å². The molecule has 0 saturated heterocycles. The fourth-order valence-corrected chi connectivity index (χ4v) is 2.24. The summed E-state index contributed by atoms with van der Waals surface area (Å²) in [6.45, 7) is 1.94. The molecule has 0 aliphatic carbocycles. The molecule has 1 aromatic heterocycles. The highest BCUT2D eigenvalue weighted by Crippen LogP contribution is 2.31. The predicted octanol–water partition coefficient (Wildman–Crippen LogP) is 3.93. The van der Waals surface area contributed by atoms with Crippen molar-refractivity contribution in [2.75, 3.05) is 5.73 Å². The Bertz CT molecular complexity index is 752. The lowest BCUT2D eigenvalue weighted by Gasteiger charge is -2.11. The third-order valence-corrected chi connectivity index (χ3v) is 3.29. The van der Waals surface area contributed by atoms with E-state index in [1.165, 1.54) is 12.1 Å². The molecular weight excluding hydrogens is 239 g/mol. The van der Waals surface area contributed by atoms with Crippen molar-refractivity contribution < 1.29 is 4.39 Å². The van der Waals surface area contributed by atoms with Crippen LogP contribution in [0.15, 0.2) is 48.5 Å². The number of nitrogen functional groups attached to an aromatic ring is 1. The average Bonchev–Trinajstić information content (AvgIpc) is 2.43. The fraction of sp³-hybridized carbons (Fsp3) is 0.0625. The van der Waals surface area contributed by atoms with Crippen LogP contribution in [0.4, 0.5) is 10.1 Å². The minimum absolute atomic E-state index is 0.303. The molecule has 1 heterocycles. The first-order chi connectivity index (χ1) is 9.16. The summed E-state index contributed by atoms with van der Waals surface area (Å²) in [6.07, 6.45) is 0. The lowest BCUT2D eigenvalue weighted by Crippen LogP contribution is -1.98. The van der Waals surface area contributed by atoms with Crippen molar-refractivity contribution in [3.05, 3.63) is 59.9 Å². The summed E-state index contributed by atoms with van der Waals surface area (Å²) in [5, 5.41) is 0.790. The SMILES string of the molecule is Cc1c(-c2ccccc2)nc2cc(F)ccc2c1N. The summed E-state index contributed by atoms with van der Waals surface area (Å²) in [7, 11) is 0. The molecule has 0 atom stereocenters. The number of anilines is 1. The summed E-state index contributed by atoms with van der Waals surface area (Å²) >= 11 is 0. The molecule has 0 aliphatic heterocycles. The Labute approximate surface area is 110 Å². The maximum absolute atomic E-state index is 13.3. The Morgan fingerprint density at radius 1 is 1.05 bits per heavy atom. The van der Waals surface area contributed by atoms with Crippen LogP contribution in [0.25, 0.3) is 22.2 Å². The van der Waals surface area contributed by atoms with E-state index in [0.717, 1.165) is 22.2 Å². The van der Waals surface area contributed by atoms with Crippen LogP contribution in [0.2, 0.25) is 0 Å². The highest BCUT2D eigenvalue weighted by molar-refractivity contribution is 5.95. The van der Waals surface area contributed by atoms with Gasteiger partial charge in [-0.2, -0.15) is 0 Å². The quantitative estimate of drug-likeness (QED) is 0.712. The predicted molar refractivity (Wildman–Crippen MR) is 76.3 cm³/mol. The zero-order valence-corrected chi connectivity index (χ0v) is 10.5. The highest BCUT2D eigenvalue weighted by atomic mass is 19.1. The van der Waals surface area contributed by atoms with E-state index in [1.54, 1.807) is 6.07 Å². The minimum Gasteiger partial charge on any atom is -0.398 e. The van der Waals surface area contributed by atoms with Crippen LogP contribution in [0.1, 0.15) is 5.56 Å². The molecule has 19 heavy (non-hydrogen) atoms. The van der Waals surface area contributed by atoms with Crippen LogP contribution in [0.5, 0.6) is 0 Å². The van der Waals surface area contributed by atoms with Crippen molar-refractivity contribution in [1.82, 2.24) is 4.98 Å². The van der Waals surface area contributed by atoms with Gasteiger partial charge in [-0.25, -0.2) is 9.37 Å². The number of hydrogen-bond acceptors (Lipinski definition) is 2. The molecule has 3 aromatic rings. The Morgan fingerprint density at radius 2 is 1.79 bits per heavy atom. The van der Waals surface area contributed by atoms with Gasteiger partial charge in [-0.05, 0) is 24.6 Å². The second-order valence-electron chi connectivity index (χ2n) is 4.53. The first-order valence-electron chi connectivity index (χ1n) is 6.07. The Hall–Kier alpha value is -2.42. The first kappa shape index (κ1) is 11.7. The van der Waals surface area contributed by atoms with E-state index in [-0.39, 0.29) is 5.82 Å². The third kappa shape index (κ3) is 1.93. The summed E-state index contributed by atoms with van der Waals surface area (Å²) in [4.78, 5) is 4.55. The Morgan fingerprint density at radius 3 is 2.53 bits per heavy atom. The number of nitrogens with zero attached hydrogens (tertiary/aromatic N) is 1. The zero-order valence-electron chi connectivity index (χ0n) is 10.5. The molecule has 3 heteroatoms. The fourth-order valence-electron chi connectivity index (χ4n) is 2.24. The van der Waals surface area contributed by atoms with Gasteiger partial charge in [0.2, 0.25) is 0 Å². The molecule has 0 bridgehead atoms. The third-order valence-electron chi connectivity index (χ3n) is 3.29. The normalized spacial score (nSPS) is 10.8. The number of rotatable bonds is 1. The van der Waals surface area contributed by atoms with Crippen LogP contribution in [-0.2, 0) is 0 Å². The Kier molecular flexibility index (Phi) is 2.67. The largest absolute Gasteiger partial charge is 0.398 e. The van der Waals surface area contributed by atoms with E-state index in [1.807, 2.05) is 37.3 Å². The van der Waals surface area contributed by atoms with Crippen LogP contribution in [0, 0.1) is 12.7 Å². The van der Waals surface area contributed by atoms with Crippen molar-refractivity contribution in [2.24, 2.45) is 0 Å². The Balaban J connectivity index is 2.35. The van der Waals surface area contributed by atoms with Crippen LogP contribution < -0.4 is 5.73 Å². The van der Waals surface area contributed by atoms with Gasteiger partial charge in [0.05, 0.1) is 11.2 Å². The van der Waals surface area contributed by atoms with Gasteiger partial charge in [0, 0.05) is 22.7 Å². The summed E-state index contributed by atoms with van der Waals surface area (Å²) in [5.74, 6) is -0.303. The lowest BCUT2D eigenvalue weighted by atomic mass is 10.0. The summed E-state index contributed by atoms with van der Waals surface area (Å²) < 4.78 is 13.3. The molecule has 2 aromatic carbocycles. The maximum Gasteiger partial charge on any atom is 0.125 e. The molecule has 0 fully saturated rings. The van der Waals surface area contributed by atoms with Gasteiger partial charge in [-0.1, -0.05) is 30.3 Å². The molecular formula is C16H13FN2. The number of pyridine rings is 1. The maximum atomic E-state index is 13.3. The molecule has 0 radical (unpaired) electrons. The number of hydrogen-bond donors (Lipinski definition) is 1. The smallest absolute Gasteiger partial charge is 0.125 e. The zero-order chi connectivity index (χ0) is 13.4. The van der Waals surface area contributed by atoms with Crippen LogP contribution in [0.3, 0.4) is 0 Å². The van der Waals surface area contributed by atoms with Gasteiger partial charge in [0.15, 0.2) is 0 Å². The van der Waals surface area contributed by atoms with Crippen molar-refractivity contribution in [1.29, 1.82) is 0 Å². The molecule has 2 nitrogen and oxygen atoms in total. The van der Waals surface area contributed by atoms with Gasteiger partial charge in [-0.15, -0.1) is 0 Å². The minimum atomic E-state index is -0.303. The second-order valence-corrected chi connectivity index (χ2v) is 4.53. The molecule has 94 valence electrons. The van der Waals surface area contributed by atoms with Gasteiger partial charge in [0.1, 0.15) is 5.82 Å². The molecule has 0 spiro atoms. The molecule has 0 saturated carbocycles. The standard InChI is InChI=1S/C16H13FN2/c1-10-15(18)13-8-7-12(17)9-14(13)19-16(10)11-5-3-2-4-6-11/h2-9H,1H3,(H2,18,19). The van der Waals surface area contributed by atoms with E-state index in [2.05, 4.69) is 4.98 Å². The van der Waals surface area contributed by atoms with Crippen LogP contribution in [-0.4, -0.2) is 4.98 Å². The van der Waals surface area contributed by atoms with Crippen molar-refractivity contribution in [3.63, 3.8) is 0 Å². The number of aromatic nitrogens is 1. The molecule has 2 N–H and O–H groups in total. The van der Waals surface area contributed by atoms with E-state index in [4.69, 9.17) is 5.73 Å².